The second-order valence-corrected chi connectivity index (χ2v) is 16.1. The van der Waals surface area contributed by atoms with Crippen LogP contribution in [0.2, 0.25) is 0 Å². The van der Waals surface area contributed by atoms with E-state index in [9.17, 15) is 19.2 Å². The summed E-state index contributed by atoms with van der Waals surface area (Å²) in [6.45, 7) is 14.2. The van der Waals surface area contributed by atoms with Crippen molar-refractivity contribution in [3.8, 4) is 0 Å². The minimum absolute atomic E-state index is 0.234. The predicted octanol–water partition coefficient (Wildman–Crippen LogP) is 10.6. The molecule has 0 aliphatic carbocycles. The summed E-state index contributed by atoms with van der Waals surface area (Å²) in [7, 11) is 0. The van der Waals surface area contributed by atoms with Gasteiger partial charge in [-0.3, -0.25) is 29.0 Å². The number of rotatable bonds is 14. The summed E-state index contributed by atoms with van der Waals surface area (Å²) in [4.78, 5) is 58.6. The molecule has 6 nitrogen and oxygen atoms in total. The number of amides is 4. The van der Waals surface area contributed by atoms with Crippen molar-refractivity contribution in [1.29, 1.82) is 0 Å². The van der Waals surface area contributed by atoms with Crippen LogP contribution in [0.1, 0.15) is 134 Å². The lowest BCUT2D eigenvalue weighted by atomic mass is 9.82. The fourth-order valence-corrected chi connectivity index (χ4v) is 8.51. The highest BCUT2D eigenvalue weighted by Gasteiger charge is 2.37. The van der Waals surface area contributed by atoms with Crippen molar-refractivity contribution in [2.24, 2.45) is 23.7 Å². The third-order valence-corrected chi connectivity index (χ3v) is 11.5. The van der Waals surface area contributed by atoms with E-state index in [2.05, 4.69) is 41.5 Å². The van der Waals surface area contributed by atoms with Crippen LogP contribution in [0.4, 0.5) is 0 Å². The molecule has 50 heavy (non-hydrogen) atoms. The standard InChI is InChI=1S/C44H50N2O4/c1-25(2)9-7-11-27(5)21-23-45-41(47)33-17-13-29-31-15-19-35-40-36(44(50)46(43(35)49)24-22-28(6)12-8-10-26(3)4)20-16-32(38(31)40)30-14-18-34(42(45)48)39(33)37(29)30/h13-20,25-28H,7-12,21-24H2,1-6H3/t27-,28-/m0/s1. The Morgan fingerprint density at radius 3 is 0.980 bits per heavy atom. The van der Waals surface area contributed by atoms with E-state index in [0.29, 0.717) is 69.8 Å². The maximum absolute atomic E-state index is 13.9. The normalized spacial score (nSPS) is 16.1. The Kier molecular flexibility index (Phi) is 9.17. The lowest BCUT2D eigenvalue weighted by Crippen LogP contribution is -2.41. The van der Waals surface area contributed by atoms with Crippen LogP contribution < -0.4 is 0 Å². The molecule has 0 aromatic heterocycles. The minimum atomic E-state index is -0.234. The number of imide groups is 2. The maximum Gasteiger partial charge on any atom is 0.261 e. The van der Waals surface area contributed by atoms with Crippen molar-refractivity contribution in [2.45, 2.75) is 92.9 Å². The van der Waals surface area contributed by atoms with E-state index >= 15 is 0 Å². The number of benzene rings is 5. The van der Waals surface area contributed by atoms with Crippen LogP contribution in [-0.2, 0) is 0 Å². The maximum atomic E-state index is 13.9. The molecular weight excluding hydrogens is 620 g/mol. The fourth-order valence-electron chi connectivity index (χ4n) is 8.51. The molecule has 4 amide bonds. The molecule has 0 bridgehead atoms. The van der Waals surface area contributed by atoms with Gasteiger partial charge in [-0.25, -0.2) is 0 Å². The summed E-state index contributed by atoms with van der Waals surface area (Å²) < 4.78 is 0. The molecule has 6 heteroatoms. The third-order valence-electron chi connectivity index (χ3n) is 11.5. The fraction of sp³-hybridized carbons (Fsp3) is 0.455. The lowest BCUT2D eigenvalue weighted by Gasteiger charge is -2.30. The molecule has 0 fully saturated rings. The van der Waals surface area contributed by atoms with Crippen LogP contribution >= 0.6 is 0 Å². The Labute approximate surface area is 295 Å². The first-order valence-electron chi connectivity index (χ1n) is 18.9. The summed E-state index contributed by atoms with van der Waals surface area (Å²) in [6, 6.07) is 15.4. The van der Waals surface area contributed by atoms with Gasteiger partial charge < -0.3 is 0 Å². The summed E-state index contributed by atoms with van der Waals surface area (Å²) in [5.74, 6) is 1.27. The molecule has 0 saturated carbocycles. The van der Waals surface area contributed by atoms with Gasteiger partial charge in [0.2, 0.25) is 0 Å². The molecule has 2 aliphatic heterocycles. The van der Waals surface area contributed by atoms with Crippen LogP contribution in [0, 0.1) is 23.7 Å². The van der Waals surface area contributed by atoms with Crippen LogP contribution in [0.3, 0.4) is 0 Å². The zero-order valence-electron chi connectivity index (χ0n) is 30.5. The van der Waals surface area contributed by atoms with Crippen molar-refractivity contribution in [3.63, 3.8) is 0 Å². The van der Waals surface area contributed by atoms with Crippen molar-refractivity contribution in [2.75, 3.05) is 13.1 Å². The van der Waals surface area contributed by atoms with Gasteiger partial charge in [-0.2, -0.15) is 0 Å². The Morgan fingerprint density at radius 1 is 0.400 bits per heavy atom. The number of carbonyl (C=O) groups excluding carboxylic acids is 4. The van der Waals surface area contributed by atoms with Gasteiger partial charge in [-0.15, -0.1) is 0 Å². The largest absolute Gasteiger partial charge is 0.274 e. The average molecular weight is 671 g/mol. The number of fused-ring (bicyclic) bond motifs is 2. The molecule has 0 spiro atoms. The van der Waals surface area contributed by atoms with Gasteiger partial charge in [0.15, 0.2) is 0 Å². The summed E-state index contributed by atoms with van der Waals surface area (Å²) >= 11 is 0. The summed E-state index contributed by atoms with van der Waals surface area (Å²) in [6.07, 6.45) is 8.45. The highest BCUT2D eigenvalue weighted by molar-refractivity contribution is 6.41. The van der Waals surface area contributed by atoms with Gasteiger partial charge in [0.1, 0.15) is 0 Å². The van der Waals surface area contributed by atoms with E-state index in [1.54, 1.807) is 0 Å². The predicted molar refractivity (Wildman–Crippen MR) is 203 cm³/mol. The van der Waals surface area contributed by atoms with Gasteiger partial charge in [0.05, 0.1) is 0 Å². The number of nitrogens with zero attached hydrogens (tertiary/aromatic N) is 2. The number of hydrogen-bond donors (Lipinski definition) is 0. The molecule has 2 heterocycles. The second kappa shape index (κ2) is 13.4. The van der Waals surface area contributed by atoms with Crippen LogP contribution in [-0.4, -0.2) is 46.5 Å². The molecule has 2 aliphatic rings. The van der Waals surface area contributed by atoms with Gasteiger partial charge in [-0.1, -0.05) is 104 Å². The van der Waals surface area contributed by atoms with E-state index in [0.717, 1.165) is 70.8 Å². The van der Waals surface area contributed by atoms with E-state index in [1.165, 1.54) is 22.6 Å². The Bertz CT molecular complexity index is 1890. The monoisotopic (exact) mass is 670 g/mol. The Balaban J connectivity index is 1.23. The molecule has 0 unspecified atom stereocenters. The van der Waals surface area contributed by atoms with Gasteiger partial charge in [-0.05, 0) is 93.1 Å². The molecule has 5 aromatic rings. The molecular formula is C44H50N2O4. The SMILES string of the molecule is CC(C)CCC[C@H](C)CCN1C(=O)c2ccc3c4ccc5c6c(ccc(c7ccc(c2c37)C1=O)c64)C(=O)N(CC[C@@H](C)CCCC(C)C)C5=O. The second-order valence-electron chi connectivity index (χ2n) is 16.1. The lowest BCUT2D eigenvalue weighted by molar-refractivity contribution is 0.0586. The van der Waals surface area contributed by atoms with Crippen LogP contribution in [0.25, 0.3) is 43.1 Å². The molecule has 7 rings (SSSR count). The summed E-state index contributed by atoms with van der Waals surface area (Å²) in [5.41, 5.74) is 2.23. The first-order chi connectivity index (χ1) is 24.0. The van der Waals surface area contributed by atoms with Gasteiger partial charge in [0, 0.05) is 46.1 Å². The van der Waals surface area contributed by atoms with E-state index in [-0.39, 0.29) is 23.6 Å². The van der Waals surface area contributed by atoms with Gasteiger partial charge >= 0.3 is 0 Å². The van der Waals surface area contributed by atoms with Crippen molar-refractivity contribution in [3.05, 3.63) is 70.8 Å². The molecule has 2 atom stereocenters. The smallest absolute Gasteiger partial charge is 0.261 e. The van der Waals surface area contributed by atoms with Crippen LogP contribution in [0.15, 0.2) is 48.5 Å². The highest BCUT2D eigenvalue weighted by Crippen LogP contribution is 2.46. The molecule has 0 N–H and O–H groups in total. The quantitative estimate of drug-likeness (QED) is 0.0669. The zero-order valence-corrected chi connectivity index (χ0v) is 30.5. The highest BCUT2D eigenvalue weighted by atomic mass is 16.2. The molecule has 0 saturated heterocycles. The summed E-state index contributed by atoms with van der Waals surface area (Å²) in [5, 5.41) is 6.86. The molecule has 260 valence electrons. The van der Waals surface area contributed by atoms with E-state index in [4.69, 9.17) is 0 Å². The third kappa shape index (κ3) is 5.75. The topological polar surface area (TPSA) is 74.8 Å². The zero-order chi connectivity index (χ0) is 35.4. The Hall–Kier alpha value is -4.32. The van der Waals surface area contributed by atoms with E-state index in [1.807, 2.05) is 48.5 Å². The van der Waals surface area contributed by atoms with Crippen molar-refractivity contribution in [1.82, 2.24) is 9.80 Å². The molecule has 0 radical (unpaired) electrons. The first kappa shape index (κ1) is 34.1. The van der Waals surface area contributed by atoms with Crippen molar-refractivity contribution >= 4 is 66.7 Å². The average Bonchev–Trinajstić information content (AvgIpc) is 3.08. The van der Waals surface area contributed by atoms with E-state index < -0.39 is 0 Å². The molecule has 5 aromatic carbocycles. The minimum Gasteiger partial charge on any atom is -0.274 e. The van der Waals surface area contributed by atoms with Crippen LogP contribution in [0.5, 0.6) is 0 Å². The van der Waals surface area contributed by atoms with Gasteiger partial charge in [0.25, 0.3) is 23.6 Å². The number of hydrogen-bond acceptors (Lipinski definition) is 4. The first-order valence-corrected chi connectivity index (χ1v) is 18.9. The van der Waals surface area contributed by atoms with Crippen molar-refractivity contribution < 1.29 is 19.2 Å². The number of carbonyl (C=O) groups is 4. The Morgan fingerprint density at radius 2 is 0.700 bits per heavy atom.